The smallest absolute Gasteiger partial charge is 0.0822 e. The van der Waals surface area contributed by atoms with Crippen LogP contribution in [0.4, 0.5) is 0 Å². The van der Waals surface area contributed by atoms with Crippen molar-refractivity contribution in [3.8, 4) is 0 Å². The second kappa shape index (κ2) is 16.0. The summed E-state index contributed by atoms with van der Waals surface area (Å²) in [5.74, 6) is 0. The highest BCUT2D eigenvalue weighted by molar-refractivity contribution is 4.48. The summed E-state index contributed by atoms with van der Waals surface area (Å²) in [5, 5.41) is 10.2. The van der Waals surface area contributed by atoms with Crippen LogP contribution in [0.1, 0.15) is 96.8 Å². The quantitative estimate of drug-likeness (QED) is 0.337. The molecule has 17 heavy (non-hydrogen) atoms. The molecular formula is C16H33O. The van der Waals surface area contributed by atoms with Crippen molar-refractivity contribution in [1.82, 2.24) is 0 Å². The van der Waals surface area contributed by atoms with Gasteiger partial charge in [-0.1, -0.05) is 90.4 Å². The van der Waals surface area contributed by atoms with Gasteiger partial charge in [0.25, 0.3) is 0 Å². The predicted octanol–water partition coefficient (Wildman–Crippen LogP) is 5.90. The number of rotatable bonds is 14. The van der Waals surface area contributed by atoms with Gasteiger partial charge in [-0.2, -0.15) is 0 Å². The molecule has 0 fully saturated rings. The van der Waals surface area contributed by atoms with Crippen molar-refractivity contribution in [3.63, 3.8) is 0 Å². The Morgan fingerprint density at radius 2 is 0.765 bits per heavy atom. The first-order valence-electron chi connectivity index (χ1n) is 8.00. The van der Waals surface area contributed by atoms with Crippen LogP contribution < -0.4 is 0 Å². The van der Waals surface area contributed by atoms with E-state index < -0.39 is 0 Å². The predicted molar refractivity (Wildman–Crippen MR) is 75.9 cm³/mol. The van der Waals surface area contributed by atoms with Crippen molar-refractivity contribution in [2.24, 2.45) is 0 Å². The van der Waals surface area contributed by atoms with Gasteiger partial charge in [0.1, 0.15) is 0 Å². The summed E-state index contributed by atoms with van der Waals surface area (Å²) < 4.78 is 0. The van der Waals surface area contributed by atoms with Crippen molar-refractivity contribution in [2.45, 2.75) is 96.8 Å². The molecule has 0 aliphatic carbocycles. The second-order valence-corrected chi connectivity index (χ2v) is 5.30. The minimum atomic E-state index is 0.123. The van der Waals surface area contributed by atoms with Crippen molar-refractivity contribution in [1.29, 1.82) is 0 Å². The molecule has 0 rings (SSSR count). The van der Waals surface area contributed by atoms with Crippen LogP contribution >= 0.6 is 0 Å². The molecule has 0 heterocycles. The zero-order chi connectivity index (χ0) is 12.6. The summed E-state index contributed by atoms with van der Waals surface area (Å²) in [5.41, 5.74) is 0. The van der Waals surface area contributed by atoms with E-state index in [1.165, 1.54) is 77.0 Å². The maximum atomic E-state index is 10.2. The van der Waals surface area contributed by atoms with E-state index in [1.807, 2.05) is 0 Å². The first-order valence-corrected chi connectivity index (χ1v) is 8.00. The Bertz CT molecular complexity index is 109. The van der Waals surface area contributed by atoms with Crippen molar-refractivity contribution < 1.29 is 5.11 Å². The Morgan fingerprint density at radius 3 is 1.06 bits per heavy atom. The van der Waals surface area contributed by atoms with Crippen LogP contribution in [0, 0.1) is 0 Å². The largest absolute Gasteiger partial charge is 0.237 e. The van der Waals surface area contributed by atoms with Gasteiger partial charge >= 0.3 is 0 Å². The molecule has 0 amide bonds. The van der Waals surface area contributed by atoms with Crippen molar-refractivity contribution in [3.05, 3.63) is 0 Å². The van der Waals surface area contributed by atoms with Crippen molar-refractivity contribution >= 4 is 0 Å². The maximum Gasteiger partial charge on any atom is 0.0822 e. The monoisotopic (exact) mass is 241 g/mol. The van der Waals surface area contributed by atoms with Gasteiger partial charge in [0.2, 0.25) is 0 Å². The summed E-state index contributed by atoms with van der Waals surface area (Å²) in [6.45, 7) is 2.40. The number of hydrogen-bond acceptors (Lipinski definition) is 0. The molecule has 103 valence electrons. The van der Waals surface area contributed by atoms with Gasteiger partial charge in [0, 0.05) is 0 Å². The lowest BCUT2D eigenvalue weighted by molar-refractivity contribution is 0.186. The lowest BCUT2D eigenvalue weighted by Crippen LogP contribution is -1.84. The fourth-order valence-electron chi connectivity index (χ4n) is 2.30. The molecule has 1 nitrogen and oxygen atoms in total. The van der Waals surface area contributed by atoms with Crippen LogP contribution in [-0.4, -0.2) is 6.61 Å². The van der Waals surface area contributed by atoms with E-state index >= 15 is 0 Å². The molecule has 0 bridgehead atoms. The van der Waals surface area contributed by atoms with Gasteiger partial charge in [0.05, 0.1) is 6.61 Å². The molecule has 0 spiro atoms. The molecule has 0 saturated heterocycles. The second-order valence-electron chi connectivity index (χ2n) is 5.30. The highest BCUT2D eigenvalue weighted by Crippen LogP contribution is 2.12. The standard InChI is InChI=1S/C16H33O/c1-2-3-4-5-6-7-8-9-10-11-12-13-14-15-16-17/h2-16H2,1H3. The summed E-state index contributed by atoms with van der Waals surface area (Å²) in [4.78, 5) is 0. The normalized spacial score (nSPS) is 10.9. The molecule has 1 heteroatoms. The fraction of sp³-hybridized carbons (Fsp3) is 1.00. The molecule has 0 aromatic rings. The first kappa shape index (κ1) is 17.0. The minimum Gasteiger partial charge on any atom is -0.237 e. The third-order valence-electron chi connectivity index (χ3n) is 3.50. The summed E-state index contributed by atoms with van der Waals surface area (Å²) in [6, 6.07) is 0. The third kappa shape index (κ3) is 16.0. The highest BCUT2D eigenvalue weighted by Gasteiger charge is 1.93. The molecule has 0 aromatic carbocycles. The average Bonchev–Trinajstić information content (AvgIpc) is 2.35. The first-order chi connectivity index (χ1) is 8.41. The van der Waals surface area contributed by atoms with Crippen LogP contribution in [0.2, 0.25) is 0 Å². The molecule has 0 aliphatic rings. The summed E-state index contributed by atoms with van der Waals surface area (Å²) >= 11 is 0. The van der Waals surface area contributed by atoms with Gasteiger partial charge in [-0.05, 0) is 6.42 Å². The molecule has 0 unspecified atom stereocenters. The summed E-state index contributed by atoms with van der Waals surface area (Å²) in [7, 11) is 0. The molecular weight excluding hydrogens is 208 g/mol. The van der Waals surface area contributed by atoms with Crippen molar-refractivity contribution in [2.75, 3.05) is 6.61 Å². The Kier molecular flexibility index (Phi) is 15.9. The minimum absolute atomic E-state index is 0.123. The van der Waals surface area contributed by atoms with Gasteiger partial charge in [-0.15, -0.1) is 0 Å². The summed E-state index contributed by atoms with van der Waals surface area (Å²) in [6.07, 6.45) is 18.9. The van der Waals surface area contributed by atoms with E-state index in [0.717, 1.165) is 12.8 Å². The van der Waals surface area contributed by atoms with Crippen LogP contribution in [0.25, 0.3) is 0 Å². The Morgan fingerprint density at radius 1 is 0.471 bits per heavy atom. The average molecular weight is 241 g/mol. The zero-order valence-corrected chi connectivity index (χ0v) is 12.0. The van der Waals surface area contributed by atoms with Gasteiger partial charge in [-0.25, -0.2) is 5.11 Å². The van der Waals surface area contributed by atoms with Crippen LogP contribution in [0.5, 0.6) is 0 Å². The highest BCUT2D eigenvalue weighted by atomic mass is 16.2. The molecule has 1 radical (unpaired) electrons. The van der Waals surface area contributed by atoms with E-state index in [4.69, 9.17) is 0 Å². The van der Waals surface area contributed by atoms with Crippen LogP contribution in [0.15, 0.2) is 0 Å². The zero-order valence-electron chi connectivity index (χ0n) is 12.0. The third-order valence-corrected chi connectivity index (χ3v) is 3.50. The van der Waals surface area contributed by atoms with Crippen LogP contribution in [-0.2, 0) is 5.11 Å². The SMILES string of the molecule is CCCCCCCCCCCCCCCC[O]. The van der Waals surface area contributed by atoms with Crippen LogP contribution in [0.3, 0.4) is 0 Å². The fourth-order valence-corrected chi connectivity index (χ4v) is 2.30. The van der Waals surface area contributed by atoms with E-state index in [-0.39, 0.29) is 6.61 Å². The van der Waals surface area contributed by atoms with Gasteiger partial charge < -0.3 is 0 Å². The lowest BCUT2D eigenvalue weighted by atomic mass is 10.0. The lowest BCUT2D eigenvalue weighted by Gasteiger charge is -2.02. The molecule has 0 atom stereocenters. The van der Waals surface area contributed by atoms with E-state index in [1.54, 1.807) is 0 Å². The van der Waals surface area contributed by atoms with E-state index in [0.29, 0.717) is 0 Å². The number of unbranched alkanes of at least 4 members (excludes halogenated alkanes) is 13. The topological polar surface area (TPSA) is 19.9 Å². The number of hydrogen-bond donors (Lipinski definition) is 0. The van der Waals surface area contributed by atoms with E-state index in [2.05, 4.69) is 6.92 Å². The Balaban J connectivity index is 2.85. The molecule has 0 N–H and O–H groups in total. The Labute approximate surface area is 109 Å². The Hall–Kier alpha value is -0.0400. The van der Waals surface area contributed by atoms with Gasteiger partial charge in [-0.3, -0.25) is 0 Å². The maximum absolute atomic E-state index is 10.2. The van der Waals surface area contributed by atoms with Gasteiger partial charge in [0.15, 0.2) is 0 Å². The molecule has 0 saturated carbocycles. The molecule has 0 aromatic heterocycles. The van der Waals surface area contributed by atoms with E-state index in [9.17, 15) is 5.11 Å². The molecule has 0 aliphatic heterocycles.